The van der Waals surface area contributed by atoms with Gasteiger partial charge >= 0.3 is 0 Å². The minimum absolute atomic E-state index is 0.0378. The van der Waals surface area contributed by atoms with Crippen LogP contribution >= 0.6 is 0 Å². The van der Waals surface area contributed by atoms with Crippen molar-refractivity contribution in [2.24, 2.45) is 5.92 Å². The molecule has 0 spiro atoms. The number of hydrogen-bond donors (Lipinski definition) is 0. The molecule has 118 valence electrons. The van der Waals surface area contributed by atoms with E-state index >= 15 is 0 Å². The fourth-order valence-electron chi connectivity index (χ4n) is 2.38. The van der Waals surface area contributed by atoms with Crippen LogP contribution in [0.25, 0.3) is 0 Å². The van der Waals surface area contributed by atoms with Crippen molar-refractivity contribution < 1.29 is 21.0 Å². The first-order valence-electron chi connectivity index (χ1n) is 6.88. The molecule has 0 saturated carbocycles. The van der Waals surface area contributed by atoms with Crippen molar-refractivity contribution in [2.75, 3.05) is 12.4 Å². The number of rotatable bonds is 4. The molecule has 0 N–H and O–H groups in total. The molecule has 2 rings (SSSR count). The Bertz CT molecular complexity index is 689. The van der Waals surface area contributed by atoms with E-state index in [4.69, 9.17) is 4.18 Å². The molecule has 0 aromatic heterocycles. The Balaban J connectivity index is 1.98. The Morgan fingerprint density at radius 3 is 2.43 bits per heavy atom. The molecule has 2 atom stereocenters. The summed E-state index contributed by atoms with van der Waals surface area (Å²) in [5.74, 6) is 0.0657. The molecule has 0 aliphatic carbocycles. The van der Waals surface area contributed by atoms with Crippen molar-refractivity contribution in [1.29, 1.82) is 0 Å². The Morgan fingerprint density at radius 2 is 1.86 bits per heavy atom. The van der Waals surface area contributed by atoms with Gasteiger partial charge in [0, 0.05) is 0 Å². The number of hydrogen-bond acceptors (Lipinski definition) is 5. The molecule has 0 unspecified atom stereocenters. The zero-order valence-corrected chi connectivity index (χ0v) is 13.8. The molecule has 0 radical (unpaired) electrons. The highest BCUT2D eigenvalue weighted by molar-refractivity contribution is 7.92. The van der Waals surface area contributed by atoms with Crippen molar-refractivity contribution in [3.63, 3.8) is 0 Å². The summed E-state index contributed by atoms with van der Waals surface area (Å²) in [6.45, 7) is 3.58. The highest BCUT2D eigenvalue weighted by Crippen LogP contribution is 2.26. The first-order valence-corrected chi connectivity index (χ1v) is 10.0. The lowest BCUT2D eigenvalue weighted by Crippen LogP contribution is -2.33. The SMILES string of the molecule is Cc1ccc(S(=O)(=O)OC[C@@H]2CCS(=O)(=O)[C@@H](C)C2)cc1. The average molecular weight is 332 g/mol. The van der Waals surface area contributed by atoms with Gasteiger partial charge in [-0.25, -0.2) is 8.42 Å². The topological polar surface area (TPSA) is 77.5 Å². The smallest absolute Gasteiger partial charge is 0.266 e. The van der Waals surface area contributed by atoms with Crippen LogP contribution in [0, 0.1) is 12.8 Å². The van der Waals surface area contributed by atoms with Gasteiger partial charge in [-0.1, -0.05) is 17.7 Å². The lowest BCUT2D eigenvalue weighted by molar-refractivity contribution is 0.236. The highest BCUT2D eigenvalue weighted by atomic mass is 32.2. The Hall–Kier alpha value is -0.920. The predicted molar refractivity (Wildman–Crippen MR) is 80.3 cm³/mol. The van der Waals surface area contributed by atoms with E-state index < -0.39 is 25.2 Å². The third kappa shape index (κ3) is 4.05. The van der Waals surface area contributed by atoms with Gasteiger partial charge in [0.25, 0.3) is 10.1 Å². The van der Waals surface area contributed by atoms with Gasteiger partial charge in [0.15, 0.2) is 9.84 Å². The van der Waals surface area contributed by atoms with Crippen molar-refractivity contribution in [3.8, 4) is 0 Å². The predicted octanol–water partition coefficient (Wildman–Crippen LogP) is 1.91. The van der Waals surface area contributed by atoms with Crippen LogP contribution in [0.3, 0.4) is 0 Å². The Morgan fingerprint density at radius 1 is 1.24 bits per heavy atom. The Kier molecular flexibility index (Phi) is 4.75. The standard InChI is InChI=1S/C14H20O5S2/c1-11-3-5-14(6-4-11)21(17,18)19-10-13-7-8-20(15,16)12(2)9-13/h3-6,12-13H,7-10H2,1-2H3/t12-,13+/m0/s1. The van der Waals surface area contributed by atoms with Crippen molar-refractivity contribution in [1.82, 2.24) is 0 Å². The van der Waals surface area contributed by atoms with Crippen LogP contribution in [0.2, 0.25) is 0 Å². The zero-order valence-electron chi connectivity index (χ0n) is 12.2. The van der Waals surface area contributed by atoms with Crippen LogP contribution in [0.4, 0.5) is 0 Å². The minimum Gasteiger partial charge on any atom is -0.266 e. The van der Waals surface area contributed by atoms with Gasteiger partial charge < -0.3 is 0 Å². The maximum absolute atomic E-state index is 12.1. The first-order chi connectivity index (χ1) is 9.71. The van der Waals surface area contributed by atoms with Gasteiger partial charge in [-0.3, -0.25) is 4.18 Å². The third-order valence-electron chi connectivity index (χ3n) is 3.86. The van der Waals surface area contributed by atoms with Crippen molar-refractivity contribution in [2.45, 2.75) is 36.8 Å². The summed E-state index contributed by atoms with van der Waals surface area (Å²) in [5.41, 5.74) is 0.972. The van der Waals surface area contributed by atoms with Crippen LogP contribution in [0.5, 0.6) is 0 Å². The lowest BCUT2D eigenvalue weighted by Gasteiger charge is -2.26. The minimum atomic E-state index is -3.77. The normalized spacial score (nSPS) is 25.6. The fraction of sp³-hybridized carbons (Fsp3) is 0.571. The van der Waals surface area contributed by atoms with Crippen LogP contribution in [0.1, 0.15) is 25.3 Å². The van der Waals surface area contributed by atoms with Gasteiger partial charge in [0.05, 0.1) is 22.5 Å². The molecule has 1 saturated heterocycles. The van der Waals surface area contributed by atoms with E-state index in [1.165, 1.54) is 12.1 Å². The molecule has 7 heteroatoms. The molecule has 1 aliphatic heterocycles. The molecular formula is C14H20O5S2. The molecular weight excluding hydrogens is 312 g/mol. The summed E-state index contributed by atoms with van der Waals surface area (Å²) in [7, 11) is -6.78. The van der Waals surface area contributed by atoms with Crippen LogP contribution < -0.4 is 0 Å². The van der Waals surface area contributed by atoms with Crippen molar-refractivity contribution in [3.05, 3.63) is 29.8 Å². The van der Waals surface area contributed by atoms with E-state index in [9.17, 15) is 16.8 Å². The number of sulfone groups is 1. The third-order valence-corrected chi connectivity index (χ3v) is 7.38. The van der Waals surface area contributed by atoms with E-state index in [-0.39, 0.29) is 23.2 Å². The molecule has 1 heterocycles. The molecule has 0 amide bonds. The maximum Gasteiger partial charge on any atom is 0.296 e. The second kappa shape index (κ2) is 6.06. The highest BCUT2D eigenvalue weighted by Gasteiger charge is 2.31. The summed E-state index contributed by atoms with van der Waals surface area (Å²) in [4.78, 5) is 0.129. The molecule has 1 aromatic rings. The summed E-state index contributed by atoms with van der Waals surface area (Å²) >= 11 is 0. The zero-order chi connectivity index (χ0) is 15.7. The maximum atomic E-state index is 12.1. The van der Waals surface area contributed by atoms with E-state index in [1.54, 1.807) is 19.1 Å². The van der Waals surface area contributed by atoms with E-state index in [2.05, 4.69) is 0 Å². The number of aryl methyl sites for hydroxylation is 1. The first kappa shape index (κ1) is 16.5. The largest absolute Gasteiger partial charge is 0.296 e. The monoisotopic (exact) mass is 332 g/mol. The van der Waals surface area contributed by atoms with Crippen LogP contribution in [-0.4, -0.2) is 34.4 Å². The van der Waals surface area contributed by atoms with Gasteiger partial charge in [0.1, 0.15) is 0 Å². The fourth-order valence-corrected chi connectivity index (χ4v) is 4.98. The van der Waals surface area contributed by atoms with E-state index in [0.29, 0.717) is 12.8 Å². The van der Waals surface area contributed by atoms with Gasteiger partial charge in [-0.15, -0.1) is 0 Å². The molecule has 21 heavy (non-hydrogen) atoms. The van der Waals surface area contributed by atoms with Gasteiger partial charge in [-0.2, -0.15) is 8.42 Å². The summed E-state index contributed by atoms with van der Waals surface area (Å²) in [5, 5.41) is -0.429. The molecule has 1 aromatic carbocycles. The molecule has 0 bridgehead atoms. The quantitative estimate of drug-likeness (QED) is 0.787. The lowest BCUT2D eigenvalue weighted by atomic mass is 10.0. The van der Waals surface area contributed by atoms with Crippen LogP contribution in [-0.2, 0) is 24.1 Å². The second-order valence-corrected chi connectivity index (χ2v) is 9.77. The van der Waals surface area contributed by atoms with Gasteiger partial charge in [0.2, 0.25) is 0 Å². The summed E-state index contributed by atoms with van der Waals surface area (Å²) in [6, 6.07) is 6.45. The van der Waals surface area contributed by atoms with Crippen molar-refractivity contribution >= 4 is 20.0 Å². The average Bonchev–Trinajstić information content (AvgIpc) is 2.41. The summed E-state index contributed by atoms with van der Waals surface area (Å²) in [6.07, 6.45) is 0.905. The van der Waals surface area contributed by atoms with E-state index in [0.717, 1.165) is 5.56 Å². The van der Waals surface area contributed by atoms with Crippen LogP contribution in [0.15, 0.2) is 29.2 Å². The second-order valence-electron chi connectivity index (χ2n) is 5.62. The van der Waals surface area contributed by atoms with Gasteiger partial charge in [-0.05, 0) is 44.7 Å². The Labute approximate surface area is 126 Å². The number of benzene rings is 1. The summed E-state index contributed by atoms with van der Waals surface area (Å²) < 4.78 is 52.4. The van der Waals surface area contributed by atoms with E-state index in [1.807, 2.05) is 6.92 Å². The molecule has 1 fully saturated rings. The molecule has 1 aliphatic rings. The molecule has 5 nitrogen and oxygen atoms in total.